The Morgan fingerprint density at radius 2 is 1.94 bits per heavy atom. The average Bonchev–Trinajstić information content (AvgIpc) is 2.98. The highest BCUT2D eigenvalue weighted by atomic mass is 16.5. The van der Waals surface area contributed by atoms with E-state index < -0.39 is 0 Å². The van der Waals surface area contributed by atoms with Crippen LogP contribution < -0.4 is 0 Å². The van der Waals surface area contributed by atoms with Crippen molar-refractivity contribution in [2.24, 2.45) is 0 Å². The lowest BCUT2D eigenvalue weighted by molar-refractivity contribution is -0.0824. The Hall–Kier alpha value is -1.35. The topological polar surface area (TPSA) is 29.5 Å². The fourth-order valence-corrected chi connectivity index (χ4v) is 3.22. The van der Waals surface area contributed by atoms with Crippen LogP contribution in [-0.2, 0) is 4.74 Å². The summed E-state index contributed by atoms with van der Waals surface area (Å²) in [6.45, 7) is 2.77. The molecule has 2 fully saturated rings. The Morgan fingerprint density at radius 1 is 1.28 bits per heavy atom. The van der Waals surface area contributed by atoms with E-state index in [1.54, 1.807) is 0 Å². The number of carbonyl (C=O) groups is 1. The van der Waals surface area contributed by atoms with Crippen LogP contribution in [0.1, 0.15) is 43.0 Å². The fourth-order valence-electron chi connectivity index (χ4n) is 3.22. The number of nitrogens with zero attached hydrogens (tertiary/aromatic N) is 1. The van der Waals surface area contributed by atoms with Crippen molar-refractivity contribution in [3.63, 3.8) is 0 Å². The molecule has 1 aliphatic carbocycles. The number of carbonyl (C=O) groups excluding carboxylic acids is 1. The van der Waals surface area contributed by atoms with Crippen molar-refractivity contribution in [1.82, 2.24) is 4.90 Å². The molecule has 1 heterocycles. The smallest absolute Gasteiger partial charge is 0.256 e. The summed E-state index contributed by atoms with van der Waals surface area (Å²) in [7, 11) is 0. The molecule has 1 aromatic rings. The summed E-state index contributed by atoms with van der Waals surface area (Å²) in [5.74, 6) is 0.113. The summed E-state index contributed by atoms with van der Waals surface area (Å²) in [6.07, 6.45) is 4.43. The van der Waals surface area contributed by atoms with Gasteiger partial charge in [0.2, 0.25) is 0 Å². The van der Waals surface area contributed by atoms with Crippen molar-refractivity contribution in [2.75, 3.05) is 6.54 Å². The lowest BCUT2D eigenvalue weighted by atomic mass is 10.1. The minimum atomic E-state index is -0.313. The molecule has 0 aromatic heterocycles. The third-order valence-corrected chi connectivity index (χ3v) is 4.00. The molecule has 3 rings (SSSR count). The second kappa shape index (κ2) is 4.39. The normalized spacial score (nSPS) is 25.8. The molecule has 1 amide bonds. The van der Waals surface area contributed by atoms with Gasteiger partial charge in [-0.05, 0) is 44.7 Å². The largest absolute Gasteiger partial charge is 0.351 e. The van der Waals surface area contributed by atoms with Crippen LogP contribution in [0, 0.1) is 0 Å². The van der Waals surface area contributed by atoms with E-state index in [4.69, 9.17) is 4.74 Å². The van der Waals surface area contributed by atoms with Crippen molar-refractivity contribution in [3.8, 4) is 0 Å². The van der Waals surface area contributed by atoms with Crippen molar-refractivity contribution < 1.29 is 9.53 Å². The first-order valence-electron chi connectivity index (χ1n) is 6.76. The third-order valence-electron chi connectivity index (χ3n) is 4.00. The summed E-state index contributed by atoms with van der Waals surface area (Å²) >= 11 is 0. The Kier molecular flexibility index (Phi) is 2.86. The van der Waals surface area contributed by atoms with Gasteiger partial charge in [-0.3, -0.25) is 4.79 Å². The Morgan fingerprint density at radius 3 is 2.61 bits per heavy atom. The maximum atomic E-state index is 12.6. The maximum Gasteiger partial charge on any atom is 0.256 e. The van der Waals surface area contributed by atoms with Gasteiger partial charge in [0.05, 0.1) is 6.10 Å². The molecule has 1 aliphatic heterocycles. The maximum absolute atomic E-state index is 12.6. The SMILES string of the molecule is CC1CN(C(=O)c2ccccc2)C2(CCCC2)O1. The lowest BCUT2D eigenvalue weighted by Crippen LogP contribution is -2.46. The van der Waals surface area contributed by atoms with E-state index >= 15 is 0 Å². The molecule has 96 valence electrons. The summed E-state index contributed by atoms with van der Waals surface area (Å²) < 4.78 is 6.07. The summed E-state index contributed by atoms with van der Waals surface area (Å²) in [5.41, 5.74) is 0.452. The highest BCUT2D eigenvalue weighted by Gasteiger charge is 2.49. The Bertz CT molecular complexity index is 437. The number of ether oxygens (including phenoxy) is 1. The summed E-state index contributed by atoms with van der Waals surface area (Å²) in [5, 5.41) is 0. The highest BCUT2D eigenvalue weighted by Crippen LogP contribution is 2.42. The van der Waals surface area contributed by atoms with E-state index in [1.807, 2.05) is 35.2 Å². The van der Waals surface area contributed by atoms with Crippen LogP contribution in [0.25, 0.3) is 0 Å². The molecular formula is C15H19NO2. The van der Waals surface area contributed by atoms with Gasteiger partial charge in [-0.1, -0.05) is 18.2 Å². The quantitative estimate of drug-likeness (QED) is 0.761. The standard InChI is InChI=1S/C15H19NO2/c1-12-11-16(15(18-12)9-5-6-10-15)14(17)13-7-3-2-4-8-13/h2-4,7-8,12H,5-6,9-11H2,1H3. The van der Waals surface area contributed by atoms with Gasteiger partial charge in [-0.2, -0.15) is 0 Å². The van der Waals surface area contributed by atoms with Crippen molar-refractivity contribution in [2.45, 2.75) is 44.4 Å². The molecule has 2 aliphatic rings. The van der Waals surface area contributed by atoms with E-state index in [-0.39, 0.29) is 17.7 Å². The van der Waals surface area contributed by atoms with E-state index in [0.717, 1.165) is 31.2 Å². The molecule has 1 atom stereocenters. The zero-order valence-corrected chi connectivity index (χ0v) is 10.8. The molecule has 1 unspecified atom stereocenters. The number of amides is 1. The van der Waals surface area contributed by atoms with E-state index in [2.05, 4.69) is 6.92 Å². The molecule has 0 bridgehead atoms. The van der Waals surface area contributed by atoms with Gasteiger partial charge >= 0.3 is 0 Å². The number of rotatable bonds is 1. The molecule has 18 heavy (non-hydrogen) atoms. The van der Waals surface area contributed by atoms with Crippen molar-refractivity contribution in [3.05, 3.63) is 35.9 Å². The molecule has 1 spiro atoms. The monoisotopic (exact) mass is 245 g/mol. The first kappa shape index (κ1) is 11.7. The van der Waals surface area contributed by atoms with Gasteiger partial charge in [0.1, 0.15) is 5.72 Å². The zero-order valence-electron chi connectivity index (χ0n) is 10.8. The molecule has 0 radical (unpaired) electrons. The van der Waals surface area contributed by atoms with Gasteiger partial charge in [0.15, 0.2) is 0 Å². The molecule has 3 nitrogen and oxygen atoms in total. The lowest BCUT2D eigenvalue weighted by Gasteiger charge is -2.33. The summed E-state index contributed by atoms with van der Waals surface area (Å²) in [4.78, 5) is 14.6. The second-order valence-electron chi connectivity index (χ2n) is 5.36. The molecular weight excluding hydrogens is 226 g/mol. The number of hydrogen-bond acceptors (Lipinski definition) is 2. The minimum Gasteiger partial charge on any atom is -0.351 e. The van der Waals surface area contributed by atoms with Crippen LogP contribution in [0.15, 0.2) is 30.3 Å². The second-order valence-corrected chi connectivity index (χ2v) is 5.36. The van der Waals surface area contributed by atoms with Crippen molar-refractivity contribution in [1.29, 1.82) is 0 Å². The minimum absolute atomic E-state index is 0.113. The van der Waals surface area contributed by atoms with E-state index in [9.17, 15) is 4.79 Å². The average molecular weight is 245 g/mol. The predicted molar refractivity (Wildman–Crippen MR) is 69.2 cm³/mol. The van der Waals surface area contributed by atoms with Crippen LogP contribution in [0.2, 0.25) is 0 Å². The van der Waals surface area contributed by atoms with Gasteiger partial charge in [-0.25, -0.2) is 0 Å². The van der Waals surface area contributed by atoms with Crippen LogP contribution >= 0.6 is 0 Å². The molecule has 0 N–H and O–H groups in total. The van der Waals surface area contributed by atoms with Gasteiger partial charge in [0, 0.05) is 12.1 Å². The first-order valence-corrected chi connectivity index (χ1v) is 6.76. The Balaban J connectivity index is 1.89. The third kappa shape index (κ3) is 1.83. The van der Waals surface area contributed by atoms with Gasteiger partial charge < -0.3 is 9.64 Å². The first-order chi connectivity index (χ1) is 8.71. The van der Waals surface area contributed by atoms with Gasteiger partial charge in [-0.15, -0.1) is 0 Å². The fraction of sp³-hybridized carbons (Fsp3) is 0.533. The Labute approximate surface area is 108 Å². The summed E-state index contributed by atoms with van der Waals surface area (Å²) in [6, 6.07) is 9.52. The van der Waals surface area contributed by atoms with Crippen LogP contribution in [0.3, 0.4) is 0 Å². The zero-order chi connectivity index (χ0) is 12.6. The number of benzene rings is 1. The van der Waals surface area contributed by atoms with E-state index in [1.165, 1.54) is 0 Å². The van der Waals surface area contributed by atoms with Crippen LogP contribution in [0.4, 0.5) is 0 Å². The molecule has 1 saturated carbocycles. The van der Waals surface area contributed by atoms with Gasteiger partial charge in [0.25, 0.3) is 5.91 Å². The van der Waals surface area contributed by atoms with Crippen LogP contribution in [0.5, 0.6) is 0 Å². The molecule has 3 heteroatoms. The van der Waals surface area contributed by atoms with Crippen molar-refractivity contribution >= 4 is 5.91 Å². The van der Waals surface area contributed by atoms with Crippen LogP contribution in [-0.4, -0.2) is 29.2 Å². The highest BCUT2D eigenvalue weighted by molar-refractivity contribution is 5.94. The predicted octanol–water partition coefficient (Wildman–Crippen LogP) is 2.82. The number of hydrogen-bond donors (Lipinski definition) is 0. The van der Waals surface area contributed by atoms with E-state index in [0.29, 0.717) is 6.54 Å². The molecule has 1 aromatic carbocycles. The molecule has 1 saturated heterocycles.